The highest BCUT2D eigenvalue weighted by Crippen LogP contribution is 2.38. The Morgan fingerprint density at radius 2 is 2.20 bits per heavy atom. The van der Waals surface area contributed by atoms with Gasteiger partial charge in [-0.15, -0.1) is 0 Å². The lowest BCUT2D eigenvalue weighted by molar-refractivity contribution is -0.0123. The molecule has 0 saturated carbocycles. The maximum atomic E-state index is 8.83. The van der Waals surface area contributed by atoms with Crippen LogP contribution < -0.4 is 0 Å². The summed E-state index contributed by atoms with van der Waals surface area (Å²) in [5.74, 6) is 0.784. The molecule has 0 aromatic rings. The monoisotopic (exact) mass is 138 g/mol. The molecule has 2 unspecified atom stereocenters. The van der Waals surface area contributed by atoms with Crippen LogP contribution in [0, 0.1) is 11.8 Å². The van der Waals surface area contributed by atoms with Crippen LogP contribution in [0.15, 0.2) is 23.8 Å². The van der Waals surface area contributed by atoms with Gasteiger partial charge in [-0.25, -0.2) is 0 Å². The first-order chi connectivity index (χ1) is 4.77. The molecular weight excluding hydrogens is 128 g/mol. The zero-order valence-electron chi connectivity index (χ0n) is 5.57. The van der Waals surface area contributed by atoms with E-state index in [-0.39, 0.29) is 0 Å². The predicted octanol–water partition coefficient (Wildman–Crippen LogP) is 0.429. The smallest absolute Gasteiger partial charge is 0.174 e. The Hall–Kier alpha value is -0.600. The minimum absolute atomic E-state index is 0.310. The lowest BCUT2D eigenvalue weighted by Crippen LogP contribution is -2.12. The molecule has 0 radical (unpaired) electrons. The van der Waals surface area contributed by atoms with Gasteiger partial charge in [0.15, 0.2) is 6.29 Å². The van der Waals surface area contributed by atoms with Crippen molar-refractivity contribution in [2.24, 2.45) is 11.8 Å². The van der Waals surface area contributed by atoms with E-state index in [1.54, 1.807) is 0 Å². The molecule has 0 amide bonds. The van der Waals surface area contributed by atoms with Gasteiger partial charge < -0.3 is 10.2 Å². The van der Waals surface area contributed by atoms with Gasteiger partial charge in [-0.05, 0) is 17.9 Å². The molecule has 10 heavy (non-hydrogen) atoms. The van der Waals surface area contributed by atoms with Crippen molar-refractivity contribution in [3.8, 4) is 0 Å². The summed E-state index contributed by atoms with van der Waals surface area (Å²) >= 11 is 0. The van der Waals surface area contributed by atoms with E-state index in [1.165, 1.54) is 0 Å². The first-order valence-corrected chi connectivity index (χ1v) is 3.53. The molecule has 0 fully saturated rings. The van der Waals surface area contributed by atoms with Gasteiger partial charge in [0.05, 0.1) is 0 Å². The van der Waals surface area contributed by atoms with E-state index in [0.29, 0.717) is 11.8 Å². The fourth-order valence-corrected chi connectivity index (χ4v) is 1.75. The number of hydrogen-bond acceptors (Lipinski definition) is 2. The van der Waals surface area contributed by atoms with Crippen molar-refractivity contribution in [2.75, 3.05) is 0 Å². The van der Waals surface area contributed by atoms with E-state index in [9.17, 15) is 0 Å². The fourth-order valence-electron chi connectivity index (χ4n) is 1.75. The summed E-state index contributed by atoms with van der Waals surface area (Å²) in [5.41, 5.74) is 0.785. The van der Waals surface area contributed by atoms with E-state index >= 15 is 0 Å². The quantitative estimate of drug-likeness (QED) is 0.407. The molecular formula is C8H10O2. The molecule has 0 aliphatic heterocycles. The van der Waals surface area contributed by atoms with Crippen LogP contribution in [-0.2, 0) is 0 Å². The second-order valence-electron chi connectivity index (χ2n) is 2.93. The van der Waals surface area contributed by atoms with Crippen molar-refractivity contribution >= 4 is 0 Å². The van der Waals surface area contributed by atoms with Crippen LogP contribution in [0.5, 0.6) is 0 Å². The molecule has 0 saturated heterocycles. The van der Waals surface area contributed by atoms with Gasteiger partial charge in [-0.3, -0.25) is 0 Å². The fraction of sp³-hybridized carbons (Fsp3) is 0.500. The van der Waals surface area contributed by atoms with E-state index in [1.807, 2.05) is 6.08 Å². The van der Waals surface area contributed by atoms with Gasteiger partial charge in [0.1, 0.15) is 0 Å². The Kier molecular flexibility index (Phi) is 1.19. The van der Waals surface area contributed by atoms with Crippen LogP contribution in [0.2, 0.25) is 0 Å². The molecule has 54 valence electrons. The third-order valence-corrected chi connectivity index (χ3v) is 2.25. The third-order valence-electron chi connectivity index (χ3n) is 2.25. The number of aliphatic hydroxyl groups is 2. The molecule has 2 nitrogen and oxygen atoms in total. The van der Waals surface area contributed by atoms with E-state index in [2.05, 4.69) is 12.2 Å². The number of aliphatic hydroxyl groups excluding tert-OH is 1. The number of fused-ring (bicyclic) bond motifs is 2. The molecule has 0 aromatic carbocycles. The molecule has 2 bridgehead atoms. The Morgan fingerprint density at radius 3 is 2.50 bits per heavy atom. The lowest BCUT2D eigenvalue weighted by atomic mass is 10.0. The molecule has 2 atom stereocenters. The van der Waals surface area contributed by atoms with Crippen LogP contribution >= 0.6 is 0 Å². The lowest BCUT2D eigenvalue weighted by Gasteiger charge is -2.10. The third kappa shape index (κ3) is 0.728. The van der Waals surface area contributed by atoms with E-state index < -0.39 is 6.29 Å². The average molecular weight is 138 g/mol. The van der Waals surface area contributed by atoms with E-state index in [0.717, 1.165) is 12.0 Å². The normalized spacial score (nSPS) is 35.7. The van der Waals surface area contributed by atoms with Crippen molar-refractivity contribution < 1.29 is 10.2 Å². The Balaban J connectivity index is 2.21. The first-order valence-electron chi connectivity index (χ1n) is 3.53. The predicted molar refractivity (Wildman–Crippen MR) is 37.0 cm³/mol. The minimum atomic E-state index is -1.24. The van der Waals surface area contributed by atoms with Crippen LogP contribution in [0.1, 0.15) is 6.42 Å². The van der Waals surface area contributed by atoms with Crippen LogP contribution in [-0.4, -0.2) is 16.5 Å². The van der Waals surface area contributed by atoms with Gasteiger partial charge in [-0.1, -0.05) is 18.2 Å². The van der Waals surface area contributed by atoms with Crippen molar-refractivity contribution in [2.45, 2.75) is 12.7 Å². The highest BCUT2D eigenvalue weighted by atomic mass is 16.5. The number of allylic oxidation sites excluding steroid dienone is 3. The SMILES string of the molecule is OC(O)C1=CC2C=CC1C2. The molecule has 2 aliphatic rings. The summed E-state index contributed by atoms with van der Waals surface area (Å²) in [6.07, 6.45) is 5.94. The average Bonchev–Trinajstić information content (AvgIpc) is 2.44. The Bertz CT molecular complexity index is 203. The maximum absolute atomic E-state index is 8.83. The maximum Gasteiger partial charge on any atom is 0.174 e. The van der Waals surface area contributed by atoms with Crippen molar-refractivity contribution in [1.82, 2.24) is 0 Å². The van der Waals surface area contributed by atoms with Gasteiger partial charge in [0.2, 0.25) is 0 Å². The second-order valence-corrected chi connectivity index (χ2v) is 2.93. The first kappa shape index (κ1) is 6.13. The standard InChI is InChI=1S/C8H10O2/c9-8(10)7-4-5-1-2-6(7)3-5/h1-2,4-6,8-10H,3H2. The highest BCUT2D eigenvalue weighted by molar-refractivity contribution is 5.31. The van der Waals surface area contributed by atoms with E-state index in [4.69, 9.17) is 10.2 Å². The minimum Gasteiger partial charge on any atom is -0.365 e. The van der Waals surface area contributed by atoms with Crippen LogP contribution in [0.3, 0.4) is 0 Å². The zero-order chi connectivity index (χ0) is 7.14. The summed E-state index contributed by atoms with van der Waals surface area (Å²) < 4.78 is 0. The summed E-state index contributed by atoms with van der Waals surface area (Å²) in [6, 6.07) is 0. The molecule has 2 N–H and O–H groups in total. The van der Waals surface area contributed by atoms with Gasteiger partial charge in [0, 0.05) is 5.92 Å². The molecule has 0 heterocycles. The molecule has 0 aromatic heterocycles. The molecule has 2 aliphatic carbocycles. The van der Waals surface area contributed by atoms with Gasteiger partial charge >= 0.3 is 0 Å². The van der Waals surface area contributed by atoms with Gasteiger partial charge in [0.25, 0.3) is 0 Å². The highest BCUT2D eigenvalue weighted by Gasteiger charge is 2.30. The Labute approximate surface area is 59.5 Å². The number of hydrogen-bond donors (Lipinski definition) is 2. The van der Waals surface area contributed by atoms with Crippen molar-refractivity contribution in [3.63, 3.8) is 0 Å². The van der Waals surface area contributed by atoms with Crippen LogP contribution in [0.25, 0.3) is 0 Å². The summed E-state index contributed by atoms with van der Waals surface area (Å²) in [7, 11) is 0. The molecule has 0 spiro atoms. The largest absolute Gasteiger partial charge is 0.365 e. The van der Waals surface area contributed by atoms with Gasteiger partial charge in [-0.2, -0.15) is 0 Å². The molecule has 2 rings (SSSR count). The van der Waals surface area contributed by atoms with Crippen LogP contribution in [0.4, 0.5) is 0 Å². The number of rotatable bonds is 1. The summed E-state index contributed by atoms with van der Waals surface area (Å²) in [6.45, 7) is 0. The summed E-state index contributed by atoms with van der Waals surface area (Å²) in [5, 5.41) is 17.7. The van der Waals surface area contributed by atoms with Crippen molar-refractivity contribution in [1.29, 1.82) is 0 Å². The topological polar surface area (TPSA) is 40.5 Å². The summed E-state index contributed by atoms with van der Waals surface area (Å²) in [4.78, 5) is 0. The zero-order valence-corrected chi connectivity index (χ0v) is 5.57. The van der Waals surface area contributed by atoms with Crippen molar-refractivity contribution in [3.05, 3.63) is 23.8 Å². The molecule has 2 heteroatoms. The second kappa shape index (κ2) is 1.94. The Morgan fingerprint density at radius 1 is 1.40 bits per heavy atom.